The molecular formula is C26H45N3O10. The molecule has 0 radical (unpaired) electrons. The van der Waals surface area contributed by atoms with E-state index in [0.29, 0.717) is 23.1 Å². The van der Waals surface area contributed by atoms with Crippen molar-refractivity contribution in [3.8, 4) is 0 Å². The molecule has 0 spiro atoms. The number of aliphatic carboxylic acids is 1. The van der Waals surface area contributed by atoms with E-state index in [1.54, 1.807) is 6.92 Å². The number of carbonyl (C=O) groups is 6. The third kappa shape index (κ3) is 6.37. The monoisotopic (exact) mass is 560 g/mol. The van der Waals surface area contributed by atoms with Crippen LogP contribution in [0.1, 0.15) is 69.1 Å². The average molecular weight is 561 g/mol. The molecule has 0 aromatic heterocycles. The number of hydrogen-bond donors (Lipinski definition) is 5. The van der Waals surface area contributed by atoms with E-state index in [4.69, 9.17) is 1.37 Å². The van der Waals surface area contributed by atoms with Gasteiger partial charge in [-0.2, -0.15) is 0 Å². The Morgan fingerprint density at radius 1 is 0.923 bits per heavy atom. The van der Waals surface area contributed by atoms with Crippen molar-refractivity contribution in [2.75, 3.05) is 21.1 Å². The first-order valence-corrected chi connectivity index (χ1v) is 12.8. The number of nitrogens with zero attached hydrogens (tertiary/aromatic N) is 2. The van der Waals surface area contributed by atoms with E-state index in [0.717, 1.165) is 27.8 Å². The molecule has 13 heteroatoms. The molecular weight excluding hydrogens is 514 g/mol. The van der Waals surface area contributed by atoms with E-state index in [9.17, 15) is 49.2 Å². The van der Waals surface area contributed by atoms with Crippen LogP contribution in [0, 0.1) is 5.92 Å². The Kier molecular flexibility index (Phi) is 11.9. The van der Waals surface area contributed by atoms with Crippen LogP contribution in [-0.4, -0.2) is 121 Å². The maximum atomic E-state index is 15.0. The van der Waals surface area contributed by atoms with Crippen molar-refractivity contribution in [3.63, 3.8) is 0 Å². The number of Topliss-reactive ketones (excluding diaryl/α,β-unsaturated/α-hetero) is 3. The highest BCUT2D eigenvalue weighted by atomic mass is 16.4. The third-order valence-electron chi connectivity index (χ3n) is 7.45. The van der Waals surface area contributed by atoms with E-state index in [1.165, 1.54) is 20.9 Å². The molecule has 0 rings (SSSR count). The number of carboxylic acid groups (broad SMARTS) is 1. The van der Waals surface area contributed by atoms with E-state index < -0.39 is 83.0 Å². The van der Waals surface area contributed by atoms with Crippen LogP contribution in [0.2, 0.25) is 0 Å². The molecule has 0 aliphatic carbocycles. The van der Waals surface area contributed by atoms with Crippen molar-refractivity contribution >= 4 is 35.1 Å². The molecule has 0 unspecified atom stereocenters. The van der Waals surface area contributed by atoms with Crippen LogP contribution in [0.15, 0.2) is 0 Å². The third-order valence-corrected chi connectivity index (χ3v) is 7.45. The summed E-state index contributed by atoms with van der Waals surface area (Å²) in [6.07, 6.45) is -3.10. The second-order valence-corrected chi connectivity index (χ2v) is 10.2. The second-order valence-electron chi connectivity index (χ2n) is 10.2. The number of rotatable bonds is 16. The normalized spacial score (nSPS) is 19.5. The van der Waals surface area contributed by atoms with Crippen LogP contribution in [0.4, 0.5) is 0 Å². The predicted octanol–water partition coefficient (Wildman–Crippen LogP) is -0.861. The zero-order chi connectivity index (χ0) is 32.0. The van der Waals surface area contributed by atoms with Gasteiger partial charge in [0.15, 0.2) is 22.6 Å². The lowest BCUT2D eigenvalue weighted by atomic mass is 9.64. The number of likely N-dealkylation sites (N-methyl/N-ethyl adjacent to an activating group) is 3. The van der Waals surface area contributed by atoms with Crippen LogP contribution >= 0.6 is 0 Å². The van der Waals surface area contributed by atoms with Gasteiger partial charge in [-0.25, -0.2) is 4.79 Å². The number of hydrogen-bond acceptors (Lipinski definition) is 10. The highest BCUT2D eigenvalue weighted by Crippen LogP contribution is 2.39. The quantitative estimate of drug-likeness (QED) is 0.147. The van der Waals surface area contributed by atoms with Gasteiger partial charge < -0.3 is 35.5 Å². The molecule has 5 N–H and O–H groups in total. The molecule has 13 nitrogen and oxygen atoms in total. The van der Waals surface area contributed by atoms with Crippen molar-refractivity contribution in [3.05, 3.63) is 0 Å². The SMILES string of the molecule is [2H]CN(C(=O)[C@@H](C)O)[C@@](C(=O)[C@@](C)(O)C(=O)O)(C(=O)[C@@](C)(C(=O)[C@H](CCC)NC)N(C)C(=O)[C@@H](C)O)[C@@H](C)CC. The van der Waals surface area contributed by atoms with Crippen LogP contribution in [0.3, 0.4) is 0 Å². The highest BCUT2D eigenvalue weighted by Gasteiger charge is 2.67. The van der Waals surface area contributed by atoms with Gasteiger partial charge in [0, 0.05) is 15.4 Å². The fourth-order valence-electron chi connectivity index (χ4n) is 4.56. The first-order valence-electron chi connectivity index (χ1n) is 13.5. The number of aliphatic hydroxyl groups excluding tert-OH is 2. The molecule has 0 heterocycles. The summed E-state index contributed by atoms with van der Waals surface area (Å²) >= 11 is 0. The number of carboxylic acids is 1. The number of amides is 2. The highest BCUT2D eigenvalue weighted by molar-refractivity contribution is 6.30. The second kappa shape index (κ2) is 13.6. The van der Waals surface area contributed by atoms with Crippen LogP contribution in [0.25, 0.3) is 0 Å². The van der Waals surface area contributed by atoms with Gasteiger partial charge in [-0.3, -0.25) is 24.0 Å². The molecule has 0 bridgehead atoms. The number of carbonyl (C=O) groups excluding carboxylic acids is 5. The molecule has 2 amide bonds. The Labute approximate surface area is 230 Å². The molecule has 0 aromatic rings. The Bertz CT molecular complexity index is 986. The standard InChI is InChI=1S/C26H45N3O10/c1-11-13-17(27-8)18(32)24(6,28(9)19(33)15(4)30)21(35)26(14(3)12-2,29(10)20(34)16(5)31)22(36)25(7,39)23(37)38/h14-17,27,30-31,39H,11-13H2,1-10H3,(H,37,38)/t14-,15+,16+,17-,24+,25+,26+/m0/s1/i10D. The summed E-state index contributed by atoms with van der Waals surface area (Å²) < 4.78 is 8.11. The molecule has 0 aliphatic rings. The molecule has 0 aliphatic heterocycles. The number of aliphatic hydroxyl groups is 3. The lowest BCUT2D eigenvalue weighted by molar-refractivity contribution is -0.180. The van der Waals surface area contributed by atoms with E-state index in [-0.39, 0.29) is 12.8 Å². The Morgan fingerprint density at radius 3 is 1.72 bits per heavy atom. The van der Waals surface area contributed by atoms with E-state index in [2.05, 4.69) is 5.32 Å². The summed E-state index contributed by atoms with van der Waals surface area (Å²) in [6.45, 7) is 8.22. The molecule has 39 heavy (non-hydrogen) atoms. The summed E-state index contributed by atoms with van der Waals surface area (Å²) in [6, 6.07) is -1.08. The van der Waals surface area contributed by atoms with Gasteiger partial charge in [-0.15, -0.1) is 0 Å². The minimum Gasteiger partial charge on any atom is -0.479 e. The van der Waals surface area contributed by atoms with Gasteiger partial charge >= 0.3 is 5.97 Å². The van der Waals surface area contributed by atoms with E-state index >= 15 is 0 Å². The van der Waals surface area contributed by atoms with Crippen molar-refractivity contribution in [1.29, 1.82) is 0 Å². The van der Waals surface area contributed by atoms with E-state index in [1.807, 2.05) is 0 Å². The molecule has 7 atom stereocenters. The molecule has 0 fully saturated rings. The van der Waals surface area contributed by atoms with Crippen molar-refractivity contribution in [2.45, 2.75) is 103 Å². The minimum atomic E-state index is -3.31. The maximum absolute atomic E-state index is 15.0. The van der Waals surface area contributed by atoms with Crippen LogP contribution in [-0.2, 0) is 28.8 Å². The average Bonchev–Trinajstić information content (AvgIpc) is 2.90. The fourth-order valence-corrected chi connectivity index (χ4v) is 4.56. The van der Waals surface area contributed by atoms with Crippen molar-refractivity contribution in [2.24, 2.45) is 5.92 Å². The molecule has 0 aromatic carbocycles. The summed E-state index contributed by atoms with van der Waals surface area (Å²) in [4.78, 5) is 82.6. The lowest BCUT2D eigenvalue weighted by Gasteiger charge is -2.51. The predicted molar refractivity (Wildman–Crippen MR) is 141 cm³/mol. The smallest absolute Gasteiger partial charge is 0.343 e. The summed E-state index contributed by atoms with van der Waals surface area (Å²) in [5, 5.41) is 43.5. The maximum Gasteiger partial charge on any atom is 0.343 e. The Balaban J connectivity index is 8.26. The van der Waals surface area contributed by atoms with Gasteiger partial charge in [0.2, 0.25) is 11.4 Å². The molecule has 224 valence electrons. The lowest BCUT2D eigenvalue weighted by Crippen LogP contribution is -2.78. The molecule has 0 saturated heterocycles. The summed E-state index contributed by atoms with van der Waals surface area (Å²) in [7, 11) is 1.30. The van der Waals surface area contributed by atoms with Gasteiger partial charge in [0.1, 0.15) is 12.2 Å². The van der Waals surface area contributed by atoms with Gasteiger partial charge in [0.05, 0.1) is 6.04 Å². The zero-order valence-electron chi connectivity index (χ0n) is 25.3. The van der Waals surface area contributed by atoms with Crippen molar-refractivity contribution in [1.82, 2.24) is 15.1 Å². The van der Waals surface area contributed by atoms with Crippen molar-refractivity contribution < 1.29 is 50.6 Å². The first kappa shape index (κ1) is 34.3. The topological polar surface area (TPSA) is 202 Å². The zero-order valence-corrected chi connectivity index (χ0v) is 24.3. The first-order chi connectivity index (χ1) is 18.2. The summed E-state index contributed by atoms with van der Waals surface area (Å²) in [5.41, 5.74) is -8.99. The fraction of sp³-hybridized carbons (Fsp3) is 0.769. The largest absolute Gasteiger partial charge is 0.479 e. The molecule has 0 saturated carbocycles. The summed E-state index contributed by atoms with van der Waals surface area (Å²) in [5.74, 6) is -9.99. The Morgan fingerprint density at radius 2 is 1.38 bits per heavy atom. The van der Waals surface area contributed by atoms with Gasteiger partial charge in [0.25, 0.3) is 11.8 Å². The van der Waals surface area contributed by atoms with Gasteiger partial charge in [-0.05, 0) is 47.1 Å². The Hall–Kier alpha value is -2.74. The number of ketones is 3. The number of nitrogens with one attached hydrogen (secondary N) is 1. The van der Waals surface area contributed by atoms with Crippen LogP contribution < -0.4 is 5.32 Å². The van der Waals surface area contributed by atoms with Crippen LogP contribution in [0.5, 0.6) is 0 Å². The minimum absolute atomic E-state index is 0.112. The van der Waals surface area contributed by atoms with Gasteiger partial charge in [-0.1, -0.05) is 33.6 Å².